The van der Waals surface area contributed by atoms with Crippen LogP contribution in [0.25, 0.3) is 0 Å². The first kappa shape index (κ1) is 16.1. The summed E-state index contributed by atoms with van der Waals surface area (Å²) in [6, 6.07) is 7.28. The molecule has 4 rings (SSSR count). The Bertz CT molecular complexity index is 739. The van der Waals surface area contributed by atoms with Crippen LogP contribution >= 0.6 is 35.1 Å². The number of aliphatic carboxylic acids is 1. The van der Waals surface area contributed by atoms with Crippen LogP contribution in [0.1, 0.15) is 17.9 Å². The van der Waals surface area contributed by atoms with E-state index in [1.165, 1.54) is 0 Å². The van der Waals surface area contributed by atoms with Crippen molar-refractivity contribution in [3.63, 3.8) is 0 Å². The Morgan fingerprint density at radius 1 is 1.42 bits per heavy atom. The lowest BCUT2D eigenvalue weighted by Crippen LogP contribution is -2.49. The average Bonchev–Trinajstić information content (AvgIpc) is 3.13. The summed E-state index contributed by atoms with van der Waals surface area (Å²) in [5, 5.41) is 19.8. The highest BCUT2D eigenvalue weighted by molar-refractivity contribution is 8.13. The molecule has 0 aliphatic carbocycles. The number of hydrogen-bond donors (Lipinski definition) is 1. The zero-order valence-electron chi connectivity index (χ0n) is 12.8. The fourth-order valence-corrected chi connectivity index (χ4v) is 4.97. The fraction of sp³-hybridized carbons (Fsp3) is 0.333. The van der Waals surface area contributed by atoms with Crippen LogP contribution < -0.4 is 0 Å². The molecule has 0 saturated carbocycles. The van der Waals surface area contributed by atoms with Crippen LogP contribution in [0.4, 0.5) is 0 Å². The second-order valence-corrected chi connectivity index (χ2v) is 7.99. The third kappa shape index (κ3) is 2.67. The van der Waals surface area contributed by atoms with Gasteiger partial charge in [0.1, 0.15) is 17.2 Å². The Balaban J connectivity index is 1.54. The number of hydrogen-bond acceptors (Lipinski definition) is 7. The molecule has 6 nitrogen and oxygen atoms in total. The summed E-state index contributed by atoms with van der Waals surface area (Å²) in [6.45, 7) is 2.25. The van der Waals surface area contributed by atoms with Crippen LogP contribution in [0.3, 0.4) is 0 Å². The molecule has 24 heavy (non-hydrogen) atoms. The maximum absolute atomic E-state index is 11.2. The number of hydrazone groups is 1. The van der Waals surface area contributed by atoms with E-state index < -0.39 is 12.0 Å². The van der Waals surface area contributed by atoms with Crippen molar-refractivity contribution in [2.24, 2.45) is 5.10 Å². The van der Waals surface area contributed by atoms with E-state index in [4.69, 9.17) is 16.7 Å². The van der Waals surface area contributed by atoms with Gasteiger partial charge in [0.25, 0.3) is 0 Å². The molecule has 3 heterocycles. The van der Waals surface area contributed by atoms with Gasteiger partial charge in [-0.25, -0.2) is 5.01 Å². The zero-order chi connectivity index (χ0) is 16.8. The number of thioether (sulfide) groups is 2. The van der Waals surface area contributed by atoms with Crippen molar-refractivity contribution >= 4 is 46.3 Å². The van der Waals surface area contributed by atoms with Gasteiger partial charge in [0, 0.05) is 10.4 Å². The first-order valence-corrected chi connectivity index (χ1v) is 9.71. The fourth-order valence-electron chi connectivity index (χ4n) is 2.73. The minimum Gasteiger partial charge on any atom is -0.480 e. The maximum atomic E-state index is 11.2. The first-order chi connectivity index (χ1) is 11.5. The Morgan fingerprint density at radius 2 is 2.17 bits per heavy atom. The summed E-state index contributed by atoms with van der Waals surface area (Å²) in [5.74, 6) is 0.827. The molecule has 3 aliphatic heterocycles. The summed E-state index contributed by atoms with van der Waals surface area (Å²) in [7, 11) is 0. The second-order valence-electron chi connectivity index (χ2n) is 5.69. The number of carboxylic acid groups (broad SMARTS) is 1. The van der Waals surface area contributed by atoms with Gasteiger partial charge in [0.15, 0.2) is 5.17 Å². The van der Waals surface area contributed by atoms with Crippen LogP contribution in [-0.4, -0.2) is 49.6 Å². The molecular weight excluding hydrogens is 368 g/mol. The normalized spacial score (nSPS) is 24.3. The van der Waals surface area contributed by atoms with Crippen molar-refractivity contribution in [1.82, 2.24) is 14.8 Å². The highest BCUT2D eigenvalue weighted by Gasteiger charge is 2.42. The summed E-state index contributed by atoms with van der Waals surface area (Å²) in [4.78, 5) is 15.3. The summed E-state index contributed by atoms with van der Waals surface area (Å²) >= 11 is 9.24. The molecule has 1 N–H and O–H groups in total. The lowest BCUT2D eigenvalue weighted by molar-refractivity contribution is -0.142. The molecule has 0 bridgehead atoms. The topological polar surface area (TPSA) is 59.4 Å². The van der Waals surface area contributed by atoms with E-state index in [9.17, 15) is 9.90 Å². The van der Waals surface area contributed by atoms with Gasteiger partial charge in [-0.2, -0.15) is 0 Å². The minimum atomic E-state index is -0.805. The van der Waals surface area contributed by atoms with Crippen molar-refractivity contribution in [3.8, 4) is 0 Å². The molecule has 0 aromatic heterocycles. The van der Waals surface area contributed by atoms with Crippen molar-refractivity contribution in [2.45, 2.75) is 18.3 Å². The van der Waals surface area contributed by atoms with E-state index in [0.29, 0.717) is 17.6 Å². The van der Waals surface area contributed by atoms with Gasteiger partial charge in [-0.05, 0) is 24.6 Å². The van der Waals surface area contributed by atoms with Gasteiger partial charge in [0.05, 0.1) is 12.5 Å². The van der Waals surface area contributed by atoms with Gasteiger partial charge in [-0.3, -0.25) is 14.6 Å². The predicted molar refractivity (Wildman–Crippen MR) is 97.2 cm³/mol. The number of benzene rings is 1. The van der Waals surface area contributed by atoms with Crippen molar-refractivity contribution < 1.29 is 9.90 Å². The lowest BCUT2D eigenvalue weighted by atomic mass is 10.2. The lowest BCUT2D eigenvalue weighted by Gasteiger charge is -2.36. The standard InChI is InChI=1S/C15H15ClN4O2S2/c1-9(14(21)22)18-7-19-12-6-23-13(10-2-4-11(16)5-3-10)20(12)17-15(19)24-8-18/h2-6,9,13H,7-8H2,1H3,(H,21,22). The monoisotopic (exact) mass is 382 g/mol. The maximum Gasteiger partial charge on any atom is 0.320 e. The van der Waals surface area contributed by atoms with Gasteiger partial charge >= 0.3 is 5.97 Å². The largest absolute Gasteiger partial charge is 0.480 e. The molecule has 0 spiro atoms. The van der Waals surface area contributed by atoms with E-state index in [0.717, 1.165) is 16.6 Å². The van der Waals surface area contributed by atoms with Crippen LogP contribution in [-0.2, 0) is 4.79 Å². The number of carboxylic acids is 1. The summed E-state index contributed by atoms with van der Waals surface area (Å²) in [5.41, 5.74) is 1.14. The third-order valence-electron chi connectivity index (χ3n) is 4.20. The van der Waals surface area contributed by atoms with Crippen LogP contribution in [0, 0.1) is 0 Å². The molecule has 1 aromatic carbocycles. The number of fused-ring (bicyclic) bond motifs is 3. The minimum absolute atomic E-state index is 0.0845. The number of halogens is 1. The van der Waals surface area contributed by atoms with E-state index in [1.807, 2.05) is 34.2 Å². The summed E-state index contributed by atoms with van der Waals surface area (Å²) < 4.78 is 0. The van der Waals surface area contributed by atoms with E-state index in [1.54, 1.807) is 30.4 Å². The van der Waals surface area contributed by atoms with E-state index in [-0.39, 0.29) is 5.37 Å². The first-order valence-electron chi connectivity index (χ1n) is 7.41. The molecule has 1 saturated heterocycles. The Hall–Kier alpha value is -1.35. The molecular formula is C15H15ClN4O2S2. The van der Waals surface area contributed by atoms with Gasteiger partial charge < -0.3 is 5.11 Å². The summed E-state index contributed by atoms with van der Waals surface area (Å²) in [6.07, 6.45) is 0. The molecule has 2 unspecified atom stereocenters. The SMILES string of the molecule is CC(C(=O)O)N1CSC2=NN3C(=CSC3c3ccc(Cl)cc3)N2C1. The Kier molecular flexibility index (Phi) is 4.16. The molecule has 1 fully saturated rings. The van der Waals surface area contributed by atoms with Crippen molar-refractivity contribution in [1.29, 1.82) is 0 Å². The number of rotatable bonds is 3. The van der Waals surface area contributed by atoms with Crippen molar-refractivity contribution in [2.75, 3.05) is 12.5 Å². The van der Waals surface area contributed by atoms with Gasteiger partial charge in [-0.15, -0.1) is 5.10 Å². The van der Waals surface area contributed by atoms with Crippen LogP contribution in [0.5, 0.6) is 0 Å². The molecule has 2 atom stereocenters. The smallest absolute Gasteiger partial charge is 0.320 e. The Labute approximate surface area is 153 Å². The van der Waals surface area contributed by atoms with E-state index in [2.05, 4.69) is 10.3 Å². The second kappa shape index (κ2) is 6.18. The predicted octanol–water partition coefficient (Wildman–Crippen LogP) is 3.21. The molecule has 0 amide bonds. The number of carbonyl (C=O) groups is 1. The van der Waals surface area contributed by atoms with Gasteiger partial charge in [-0.1, -0.05) is 47.3 Å². The molecule has 0 radical (unpaired) electrons. The third-order valence-corrected chi connectivity index (χ3v) is 6.55. The number of nitrogens with zero attached hydrogens (tertiary/aromatic N) is 4. The molecule has 9 heteroatoms. The zero-order valence-corrected chi connectivity index (χ0v) is 15.2. The van der Waals surface area contributed by atoms with Crippen LogP contribution in [0.15, 0.2) is 40.6 Å². The molecule has 3 aliphatic rings. The quantitative estimate of drug-likeness (QED) is 0.861. The molecule has 126 valence electrons. The number of amidine groups is 1. The molecule has 1 aromatic rings. The Morgan fingerprint density at radius 3 is 2.88 bits per heavy atom. The van der Waals surface area contributed by atoms with Crippen LogP contribution in [0.2, 0.25) is 5.02 Å². The average molecular weight is 383 g/mol. The highest BCUT2D eigenvalue weighted by atomic mass is 35.5. The highest BCUT2D eigenvalue weighted by Crippen LogP contribution is 2.48. The van der Waals surface area contributed by atoms with E-state index >= 15 is 0 Å². The van der Waals surface area contributed by atoms with Crippen molar-refractivity contribution in [3.05, 3.63) is 46.1 Å². The van der Waals surface area contributed by atoms with Gasteiger partial charge in [0.2, 0.25) is 0 Å².